The zero-order chi connectivity index (χ0) is 16.6. The second kappa shape index (κ2) is 6.01. The Morgan fingerprint density at radius 3 is 2.30 bits per heavy atom. The molecule has 1 heterocycles. The molecule has 0 saturated heterocycles. The van der Waals surface area contributed by atoms with Gasteiger partial charge in [-0.2, -0.15) is 0 Å². The number of hydrogen-bond acceptors (Lipinski definition) is 1. The van der Waals surface area contributed by atoms with Gasteiger partial charge in [0.15, 0.2) is 0 Å². The highest BCUT2D eigenvalue weighted by molar-refractivity contribution is 6.31. The van der Waals surface area contributed by atoms with Gasteiger partial charge in [0.05, 0.1) is 6.04 Å². The van der Waals surface area contributed by atoms with Crippen molar-refractivity contribution < 1.29 is 4.79 Å². The highest BCUT2D eigenvalue weighted by atomic mass is 35.5. The van der Waals surface area contributed by atoms with Gasteiger partial charge in [0.25, 0.3) is 0 Å². The molecule has 0 spiro atoms. The second-order valence-corrected chi connectivity index (χ2v) is 7.53. The van der Waals surface area contributed by atoms with E-state index in [0.717, 1.165) is 18.5 Å². The van der Waals surface area contributed by atoms with Crippen LogP contribution >= 0.6 is 11.6 Å². The number of benzene rings is 2. The number of nitrogens with zero attached hydrogens (tertiary/aromatic N) is 1. The molecular weight excluding hydrogens is 306 g/mol. The molecule has 1 atom stereocenters. The normalized spacial score (nSPS) is 17.7. The van der Waals surface area contributed by atoms with Gasteiger partial charge < -0.3 is 4.90 Å². The molecule has 0 N–H and O–H groups in total. The van der Waals surface area contributed by atoms with Crippen LogP contribution in [0.4, 0.5) is 0 Å². The molecule has 23 heavy (non-hydrogen) atoms. The van der Waals surface area contributed by atoms with E-state index in [1.807, 2.05) is 56.0 Å². The minimum atomic E-state index is -0.411. The van der Waals surface area contributed by atoms with Crippen molar-refractivity contribution in [3.8, 4) is 0 Å². The zero-order valence-electron chi connectivity index (χ0n) is 13.8. The molecule has 0 radical (unpaired) electrons. The standard InChI is InChI=1S/C20H22ClNO/c1-20(2,3)19(23)22-13-12-14-8-4-5-9-15(14)18(22)16-10-6-7-11-17(16)21/h4-11,18H,12-13H2,1-3H3/t18-/m1/s1. The third-order valence-electron chi connectivity index (χ3n) is 4.39. The van der Waals surface area contributed by atoms with E-state index in [-0.39, 0.29) is 11.9 Å². The Balaban J connectivity index is 2.15. The van der Waals surface area contributed by atoms with Gasteiger partial charge in [-0.1, -0.05) is 74.8 Å². The van der Waals surface area contributed by atoms with Gasteiger partial charge >= 0.3 is 0 Å². The summed E-state index contributed by atoms with van der Waals surface area (Å²) in [5.41, 5.74) is 3.07. The molecule has 2 nitrogen and oxygen atoms in total. The van der Waals surface area contributed by atoms with Crippen molar-refractivity contribution in [3.05, 3.63) is 70.2 Å². The molecule has 0 aliphatic carbocycles. The maximum absolute atomic E-state index is 13.0. The van der Waals surface area contributed by atoms with Crippen LogP contribution in [0.1, 0.15) is 43.5 Å². The maximum atomic E-state index is 13.0. The quantitative estimate of drug-likeness (QED) is 0.732. The summed E-state index contributed by atoms with van der Waals surface area (Å²) in [7, 11) is 0. The number of hydrogen-bond donors (Lipinski definition) is 0. The summed E-state index contributed by atoms with van der Waals surface area (Å²) in [4.78, 5) is 15.0. The molecule has 1 aliphatic rings. The lowest BCUT2D eigenvalue weighted by Gasteiger charge is -2.41. The smallest absolute Gasteiger partial charge is 0.228 e. The van der Waals surface area contributed by atoms with E-state index in [2.05, 4.69) is 18.2 Å². The molecule has 1 amide bonds. The van der Waals surface area contributed by atoms with Crippen LogP contribution in [0.15, 0.2) is 48.5 Å². The van der Waals surface area contributed by atoms with Crippen molar-refractivity contribution in [1.29, 1.82) is 0 Å². The van der Waals surface area contributed by atoms with Crippen LogP contribution in [0.25, 0.3) is 0 Å². The van der Waals surface area contributed by atoms with E-state index in [1.165, 1.54) is 11.1 Å². The second-order valence-electron chi connectivity index (χ2n) is 7.12. The fourth-order valence-electron chi connectivity index (χ4n) is 3.25. The molecule has 120 valence electrons. The minimum absolute atomic E-state index is 0.111. The summed E-state index contributed by atoms with van der Waals surface area (Å²) in [5, 5.41) is 0.709. The number of fused-ring (bicyclic) bond motifs is 1. The summed E-state index contributed by atoms with van der Waals surface area (Å²) in [6.07, 6.45) is 0.888. The van der Waals surface area contributed by atoms with Crippen LogP contribution in [-0.4, -0.2) is 17.4 Å². The number of rotatable bonds is 1. The molecular formula is C20H22ClNO. The molecule has 1 aliphatic heterocycles. The number of carbonyl (C=O) groups is 1. The Hall–Kier alpha value is -1.80. The Bertz CT molecular complexity index is 732. The average Bonchev–Trinajstić information content (AvgIpc) is 2.53. The largest absolute Gasteiger partial charge is 0.331 e. The van der Waals surface area contributed by atoms with Crippen LogP contribution in [0.5, 0.6) is 0 Å². The zero-order valence-corrected chi connectivity index (χ0v) is 14.6. The monoisotopic (exact) mass is 327 g/mol. The summed E-state index contributed by atoms with van der Waals surface area (Å²) in [5.74, 6) is 0.164. The molecule has 0 saturated carbocycles. The van der Waals surface area contributed by atoms with Crippen LogP contribution in [0.3, 0.4) is 0 Å². The Morgan fingerprint density at radius 1 is 1.04 bits per heavy atom. The van der Waals surface area contributed by atoms with Gasteiger partial charge in [-0.05, 0) is 29.2 Å². The van der Waals surface area contributed by atoms with Crippen LogP contribution in [-0.2, 0) is 11.2 Å². The predicted molar refractivity (Wildman–Crippen MR) is 94.6 cm³/mol. The first-order chi connectivity index (χ1) is 10.9. The van der Waals surface area contributed by atoms with E-state index >= 15 is 0 Å². The number of carbonyl (C=O) groups excluding carboxylic acids is 1. The first-order valence-corrected chi connectivity index (χ1v) is 8.40. The lowest BCUT2D eigenvalue weighted by atomic mass is 9.85. The molecule has 3 rings (SSSR count). The minimum Gasteiger partial charge on any atom is -0.331 e. The van der Waals surface area contributed by atoms with E-state index < -0.39 is 5.41 Å². The van der Waals surface area contributed by atoms with Crippen molar-refractivity contribution in [2.45, 2.75) is 33.2 Å². The van der Waals surface area contributed by atoms with Gasteiger partial charge in [-0.25, -0.2) is 0 Å². The van der Waals surface area contributed by atoms with E-state index in [4.69, 9.17) is 11.6 Å². The topological polar surface area (TPSA) is 20.3 Å². The van der Waals surface area contributed by atoms with E-state index in [9.17, 15) is 4.79 Å². The summed E-state index contributed by atoms with van der Waals surface area (Å²) < 4.78 is 0. The van der Waals surface area contributed by atoms with E-state index in [0.29, 0.717) is 5.02 Å². The van der Waals surface area contributed by atoms with Crippen molar-refractivity contribution in [1.82, 2.24) is 4.90 Å². The SMILES string of the molecule is CC(C)(C)C(=O)N1CCc2ccccc2[C@@H]1c1ccccc1Cl. The van der Waals surface area contributed by atoms with Crippen LogP contribution in [0, 0.1) is 5.41 Å². The van der Waals surface area contributed by atoms with Crippen molar-refractivity contribution >= 4 is 17.5 Å². The summed E-state index contributed by atoms with van der Waals surface area (Å²) in [6.45, 7) is 6.64. The van der Waals surface area contributed by atoms with E-state index in [1.54, 1.807) is 0 Å². The maximum Gasteiger partial charge on any atom is 0.228 e. The Morgan fingerprint density at radius 2 is 1.65 bits per heavy atom. The van der Waals surface area contributed by atoms with Gasteiger partial charge in [-0.3, -0.25) is 4.79 Å². The summed E-state index contributed by atoms with van der Waals surface area (Å²) in [6, 6.07) is 16.1. The highest BCUT2D eigenvalue weighted by Gasteiger charge is 2.37. The Labute approximate surface area is 143 Å². The molecule has 2 aromatic rings. The number of amides is 1. The molecule has 3 heteroatoms. The third kappa shape index (κ3) is 3.00. The van der Waals surface area contributed by atoms with Gasteiger partial charge in [0, 0.05) is 17.0 Å². The predicted octanol–water partition coefficient (Wildman–Crippen LogP) is 4.86. The van der Waals surface area contributed by atoms with Crippen molar-refractivity contribution in [2.75, 3.05) is 6.54 Å². The third-order valence-corrected chi connectivity index (χ3v) is 4.73. The van der Waals surface area contributed by atoms with Gasteiger partial charge in [-0.15, -0.1) is 0 Å². The average molecular weight is 328 g/mol. The lowest BCUT2D eigenvalue weighted by molar-refractivity contribution is -0.141. The lowest BCUT2D eigenvalue weighted by Crippen LogP contribution is -2.45. The molecule has 0 aromatic heterocycles. The molecule has 0 bridgehead atoms. The first kappa shape index (κ1) is 16.1. The van der Waals surface area contributed by atoms with Crippen molar-refractivity contribution in [2.24, 2.45) is 5.41 Å². The highest BCUT2D eigenvalue weighted by Crippen LogP contribution is 2.39. The molecule has 0 unspecified atom stereocenters. The number of halogens is 1. The van der Waals surface area contributed by atoms with Crippen LogP contribution in [0.2, 0.25) is 5.02 Å². The Kier molecular flexibility index (Phi) is 4.20. The van der Waals surface area contributed by atoms with Gasteiger partial charge in [0.1, 0.15) is 0 Å². The fraction of sp³-hybridized carbons (Fsp3) is 0.350. The van der Waals surface area contributed by atoms with Crippen molar-refractivity contribution in [3.63, 3.8) is 0 Å². The molecule has 0 fully saturated rings. The first-order valence-electron chi connectivity index (χ1n) is 8.03. The van der Waals surface area contributed by atoms with Gasteiger partial charge in [0.2, 0.25) is 5.91 Å². The molecule has 2 aromatic carbocycles. The fourth-order valence-corrected chi connectivity index (χ4v) is 3.49. The summed E-state index contributed by atoms with van der Waals surface area (Å²) >= 11 is 6.47. The van der Waals surface area contributed by atoms with Crippen LogP contribution < -0.4 is 0 Å².